The zero-order chi connectivity index (χ0) is 12.9. The molecule has 0 saturated heterocycles. The lowest BCUT2D eigenvalue weighted by molar-refractivity contribution is 0.0948. The lowest BCUT2D eigenvalue weighted by Crippen LogP contribution is -2.27. The van der Waals surface area contributed by atoms with E-state index >= 15 is 0 Å². The number of aromatic nitrogens is 1. The molecule has 0 unspecified atom stereocenters. The Morgan fingerprint density at radius 3 is 2.71 bits per heavy atom. The number of hydrogen-bond acceptors (Lipinski definition) is 4. The molecule has 0 radical (unpaired) electrons. The number of rotatable bonds is 5. The van der Waals surface area contributed by atoms with Crippen molar-refractivity contribution in [2.24, 2.45) is 5.14 Å². The average Bonchev–Trinajstić information content (AvgIpc) is 2.24. The van der Waals surface area contributed by atoms with Crippen LogP contribution in [0.4, 0.5) is 0 Å². The van der Waals surface area contributed by atoms with Crippen molar-refractivity contribution >= 4 is 27.5 Å². The maximum Gasteiger partial charge on any atom is 0.269 e. The van der Waals surface area contributed by atoms with E-state index < -0.39 is 10.0 Å². The molecule has 3 N–H and O–H groups in total. The van der Waals surface area contributed by atoms with Gasteiger partial charge in [0, 0.05) is 12.7 Å². The molecule has 0 bridgehead atoms. The van der Waals surface area contributed by atoms with Gasteiger partial charge in [-0.25, -0.2) is 18.5 Å². The van der Waals surface area contributed by atoms with Gasteiger partial charge < -0.3 is 5.32 Å². The maximum atomic E-state index is 11.5. The minimum Gasteiger partial charge on any atom is -0.351 e. The summed E-state index contributed by atoms with van der Waals surface area (Å²) in [6.45, 7) is 0.222. The van der Waals surface area contributed by atoms with Crippen LogP contribution in [-0.2, 0) is 10.0 Å². The zero-order valence-electron chi connectivity index (χ0n) is 8.89. The van der Waals surface area contributed by atoms with E-state index in [1.54, 1.807) is 6.07 Å². The number of sulfonamides is 1. The standard InChI is InChI=1S/C9H12ClN3O3S/c10-7-2-3-8(13-6-7)9(14)12-4-1-5-17(11,15)16/h2-3,6H,1,4-5H2,(H,12,14)(H2,11,15,16). The monoisotopic (exact) mass is 277 g/mol. The van der Waals surface area contributed by atoms with Crippen molar-refractivity contribution < 1.29 is 13.2 Å². The number of carbonyl (C=O) groups excluding carboxylic acids is 1. The number of amides is 1. The van der Waals surface area contributed by atoms with E-state index in [0.717, 1.165) is 0 Å². The van der Waals surface area contributed by atoms with Gasteiger partial charge >= 0.3 is 0 Å². The van der Waals surface area contributed by atoms with Gasteiger partial charge in [0.2, 0.25) is 10.0 Å². The third-order valence-corrected chi connectivity index (χ3v) is 2.93. The van der Waals surface area contributed by atoms with E-state index in [-0.39, 0.29) is 30.3 Å². The first-order valence-corrected chi connectivity index (χ1v) is 6.88. The van der Waals surface area contributed by atoms with Gasteiger partial charge in [0.05, 0.1) is 10.8 Å². The Hall–Kier alpha value is -1.18. The van der Waals surface area contributed by atoms with Crippen molar-refractivity contribution in [1.29, 1.82) is 0 Å². The van der Waals surface area contributed by atoms with Crippen molar-refractivity contribution in [2.45, 2.75) is 6.42 Å². The van der Waals surface area contributed by atoms with E-state index in [1.807, 2.05) is 0 Å². The smallest absolute Gasteiger partial charge is 0.269 e. The highest BCUT2D eigenvalue weighted by atomic mass is 35.5. The molecule has 1 aromatic rings. The van der Waals surface area contributed by atoms with Crippen LogP contribution >= 0.6 is 11.6 Å². The summed E-state index contributed by atoms with van der Waals surface area (Å²) in [5.74, 6) is -0.544. The Morgan fingerprint density at radius 1 is 1.47 bits per heavy atom. The van der Waals surface area contributed by atoms with Crippen molar-refractivity contribution in [3.63, 3.8) is 0 Å². The van der Waals surface area contributed by atoms with E-state index in [9.17, 15) is 13.2 Å². The summed E-state index contributed by atoms with van der Waals surface area (Å²) < 4.78 is 21.2. The van der Waals surface area contributed by atoms with Crippen LogP contribution in [0.25, 0.3) is 0 Å². The van der Waals surface area contributed by atoms with Crippen LogP contribution in [-0.4, -0.2) is 31.6 Å². The van der Waals surface area contributed by atoms with Gasteiger partial charge in [-0.15, -0.1) is 0 Å². The van der Waals surface area contributed by atoms with Gasteiger partial charge in [0.1, 0.15) is 5.69 Å². The molecule has 0 atom stereocenters. The highest BCUT2D eigenvalue weighted by Gasteiger charge is 2.07. The zero-order valence-corrected chi connectivity index (χ0v) is 10.5. The summed E-state index contributed by atoms with van der Waals surface area (Å²) >= 11 is 5.62. The molecule has 1 amide bonds. The Balaban J connectivity index is 2.38. The van der Waals surface area contributed by atoms with E-state index in [2.05, 4.69) is 10.3 Å². The van der Waals surface area contributed by atoms with Crippen molar-refractivity contribution in [2.75, 3.05) is 12.3 Å². The molecule has 6 nitrogen and oxygen atoms in total. The minimum absolute atomic E-state index is 0.165. The molecule has 0 fully saturated rings. The van der Waals surface area contributed by atoms with Crippen LogP contribution in [0.2, 0.25) is 5.02 Å². The summed E-state index contributed by atoms with van der Waals surface area (Å²) in [5.41, 5.74) is 0.227. The molecule has 0 aliphatic rings. The second-order valence-electron chi connectivity index (χ2n) is 3.34. The summed E-state index contributed by atoms with van der Waals surface area (Å²) in [5, 5.41) is 7.78. The molecule has 0 aliphatic heterocycles. The van der Waals surface area contributed by atoms with Crippen molar-refractivity contribution in [3.8, 4) is 0 Å². The second-order valence-corrected chi connectivity index (χ2v) is 5.51. The van der Waals surface area contributed by atoms with Gasteiger partial charge in [0.15, 0.2) is 0 Å². The maximum absolute atomic E-state index is 11.5. The summed E-state index contributed by atoms with van der Waals surface area (Å²) in [6.07, 6.45) is 1.62. The molecule has 1 aromatic heterocycles. The number of nitrogens with zero attached hydrogens (tertiary/aromatic N) is 1. The van der Waals surface area contributed by atoms with Crippen LogP contribution in [0.5, 0.6) is 0 Å². The van der Waals surface area contributed by atoms with Gasteiger partial charge in [-0.3, -0.25) is 4.79 Å². The molecular weight excluding hydrogens is 266 g/mol. The van der Waals surface area contributed by atoms with Crippen molar-refractivity contribution in [1.82, 2.24) is 10.3 Å². The van der Waals surface area contributed by atoms with Gasteiger partial charge in [-0.2, -0.15) is 0 Å². The fraction of sp³-hybridized carbons (Fsp3) is 0.333. The number of primary sulfonamides is 1. The molecule has 17 heavy (non-hydrogen) atoms. The lowest BCUT2D eigenvalue weighted by Gasteiger charge is -2.03. The number of hydrogen-bond donors (Lipinski definition) is 2. The van der Waals surface area contributed by atoms with Crippen LogP contribution in [0, 0.1) is 0 Å². The van der Waals surface area contributed by atoms with Crippen LogP contribution < -0.4 is 10.5 Å². The Labute approximate surface area is 104 Å². The lowest BCUT2D eigenvalue weighted by atomic mass is 10.3. The van der Waals surface area contributed by atoms with Crippen LogP contribution in [0.15, 0.2) is 18.3 Å². The van der Waals surface area contributed by atoms with Crippen LogP contribution in [0.3, 0.4) is 0 Å². The molecule has 0 spiro atoms. The second kappa shape index (κ2) is 5.95. The molecular formula is C9H12ClN3O3S. The molecule has 8 heteroatoms. The summed E-state index contributed by atoms with van der Waals surface area (Å²) in [6, 6.07) is 3.03. The number of nitrogens with one attached hydrogen (secondary N) is 1. The van der Waals surface area contributed by atoms with Gasteiger partial charge in [0.25, 0.3) is 5.91 Å². The van der Waals surface area contributed by atoms with Crippen molar-refractivity contribution in [3.05, 3.63) is 29.0 Å². The molecule has 1 heterocycles. The SMILES string of the molecule is NS(=O)(=O)CCCNC(=O)c1ccc(Cl)cn1. The Kier molecular flexibility index (Phi) is 4.86. The first-order chi connectivity index (χ1) is 7.88. The average molecular weight is 278 g/mol. The number of nitrogens with two attached hydrogens (primary N) is 1. The predicted molar refractivity (Wildman–Crippen MR) is 64.2 cm³/mol. The number of halogens is 1. The molecule has 0 saturated carbocycles. The first kappa shape index (κ1) is 13.9. The number of carbonyl (C=O) groups is 1. The molecule has 94 valence electrons. The topological polar surface area (TPSA) is 102 Å². The van der Waals surface area contributed by atoms with E-state index in [4.69, 9.17) is 16.7 Å². The predicted octanol–water partition coefficient (Wildman–Crippen LogP) is 0.143. The fourth-order valence-electron chi connectivity index (χ4n) is 1.08. The minimum atomic E-state index is -3.48. The fourth-order valence-corrected chi connectivity index (χ4v) is 1.73. The third kappa shape index (κ3) is 5.62. The normalized spacial score (nSPS) is 11.2. The number of pyridine rings is 1. The third-order valence-electron chi connectivity index (χ3n) is 1.85. The van der Waals surface area contributed by atoms with Gasteiger partial charge in [-0.05, 0) is 18.6 Å². The molecule has 1 rings (SSSR count). The Bertz CT molecular complexity index is 487. The largest absolute Gasteiger partial charge is 0.351 e. The van der Waals surface area contributed by atoms with E-state index in [0.29, 0.717) is 5.02 Å². The highest BCUT2D eigenvalue weighted by molar-refractivity contribution is 7.89. The van der Waals surface area contributed by atoms with Crippen LogP contribution in [0.1, 0.15) is 16.9 Å². The van der Waals surface area contributed by atoms with Gasteiger partial charge in [-0.1, -0.05) is 11.6 Å². The first-order valence-electron chi connectivity index (χ1n) is 4.79. The molecule has 0 aromatic carbocycles. The quantitative estimate of drug-likeness (QED) is 0.748. The summed E-state index contributed by atoms with van der Waals surface area (Å²) in [7, 11) is -3.48. The summed E-state index contributed by atoms with van der Waals surface area (Å²) in [4.78, 5) is 15.3. The highest BCUT2D eigenvalue weighted by Crippen LogP contribution is 2.05. The Morgan fingerprint density at radius 2 is 2.18 bits per heavy atom. The van der Waals surface area contributed by atoms with E-state index in [1.165, 1.54) is 12.3 Å². The molecule has 0 aliphatic carbocycles.